The van der Waals surface area contributed by atoms with E-state index >= 15 is 0 Å². The largest absolute Gasteiger partial charge is 0.465 e. The van der Waals surface area contributed by atoms with Gasteiger partial charge in [-0.25, -0.2) is 9.78 Å². The van der Waals surface area contributed by atoms with Crippen molar-refractivity contribution in [3.63, 3.8) is 0 Å². The van der Waals surface area contributed by atoms with Crippen molar-refractivity contribution in [3.8, 4) is 0 Å². The SMILES string of the molecule is COC(=O)c1c(C)c(C)nc(Br)c1Br. The monoisotopic (exact) mass is 321 g/mol. The van der Waals surface area contributed by atoms with Gasteiger partial charge in [-0.2, -0.15) is 0 Å². The molecular formula is C9H9Br2NO2. The minimum Gasteiger partial charge on any atom is -0.465 e. The number of carbonyl (C=O) groups is 1. The van der Waals surface area contributed by atoms with E-state index in [1.54, 1.807) is 0 Å². The summed E-state index contributed by atoms with van der Waals surface area (Å²) in [6.07, 6.45) is 0. The van der Waals surface area contributed by atoms with E-state index in [-0.39, 0.29) is 5.97 Å². The van der Waals surface area contributed by atoms with Crippen molar-refractivity contribution >= 4 is 37.8 Å². The maximum Gasteiger partial charge on any atom is 0.339 e. The van der Waals surface area contributed by atoms with E-state index in [9.17, 15) is 4.79 Å². The summed E-state index contributed by atoms with van der Waals surface area (Å²) in [5, 5.41) is 0. The van der Waals surface area contributed by atoms with Crippen molar-refractivity contribution in [2.75, 3.05) is 7.11 Å². The first-order valence-corrected chi connectivity index (χ1v) is 5.48. The van der Waals surface area contributed by atoms with Crippen LogP contribution in [0.25, 0.3) is 0 Å². The molecule has 0 aliphatic heterocycles. The summed E-state index contributed by atoms with van der Waals surface area (Å²) in [7, 11) is 1.36. The van der Waals surface area contributed by atoms with E-state index in [0.717, 1.165) is 11.3 Å². The molecule has 1 heterocycles. The fourth-order valence-corrected chi connectivity index (χ4v) is 2.09. The van der Waals surface area contributed by atoms with Gasteiger partial charge in [0.1, 0.15) is 4.60 Å². The number of pyridine rings is 1. The van der Waals surface area contributed by atoms with Crippen LogP contribution in [-0.4, -0.2) is 18.1 Å². The molecule has 0 saturated carbocycles. The summed E-state index contributed by atoms with van der Waals surface area (Å²) in [4.78, 5) is 15.7. The lowest BCUT2D eigenvalue weighted by atomic mass is 10.1. The molecule has 0 unspecified atom stereocenters. The molecule has 0 aliphatic rings. The summed E-state index contributed by atoms with van der Waals surface area (Å²) in [5.74, 6) is -0.361. The van der Waals surface area contributed by atoms with E-state index in [0.29, 0.717) is 14.6 Å². The van der Waals surface area contributed by atoms with Crippen molar-refractivity contribution in [1.29, 1.82) is 0 Å². The first-order chi connectivity index (χ1) is 6.49. The van der Waals surface area contributed by atoms with E-state index in [2.05, 4.69) is 36.8 Å². The van der Waals surface area contributed by atoms with Crippen molar-refractivity contribution in [2.45, 2.75) is 13.8 Å². The van der Waals surface area contributed by atoms with Gasteiger partial charge in [-0.05, 0) is 51.3 Å². The van der Waals surface area contributed by atoms with Crippen molar-refractivity contribution < 1.29 is 9.53 Å². The highest BCUT2D eigenvalue weighted by Gasteiger charge is 2.18. The number of aromatic nitrogens is 1. The van der Waals surface area contributed by atoms with Gasteiger partial charge in [0.2, 0.25) is 0 Å². The molecule has 14 heavy (non-hydrogen) atoms. The van der Waals surface area contributed by atoms with Gasteiger partial charge in [-0.1, -0.05) is 0 Å². The van der Waals surface area contributed by atoms with Gasteiger partial charge in [0.15, 0.2) is 0 Å². The zero-order valence-corrected chi connectivity index (χ0v) is 11.2. The maximum atomic E-state index is 11.5. The zero-order valence-electron chi connectivity index (χ0n) is 8.02. The molecule has 5 heteroatoms. The Morgan fingerprint density at radius 3 is 2.43 bits per heavy atom. The molecule has 0 spiro atoms. The second kappa shape index (κ2) is 4.40. The minimum absolute atomic E-state index is 0.361. The fraction of sp³-hybridized carbons (Fsp3) is 0.333. The fourth-order valence-electron chi connectivity index (χ4n) is 1.07. The quantitative estimate of drug-likeness (QED) is 0.589. The lowest BCUT2D eigenvalue weighted by Crippen LogP contribution is -2.08. The van der Waals surface area contributed by atoms with Crippen LogP contribution in [0.2, 0.25) is 0 Å². The molecular weight excluding hydrogens is 314 g/mol. The lowest BCUT2D eigenvalue weighted by molar-refractivity contribution is 0.0598. The number of esters is 1. The number of halogens is 2. The standard InChI is InChI=1S/C9H9Br2NO2/c1-4-5(2)12-8(11)7(10)6(4)9(13)14-3/h1-3H3. The van der Waals surface area contributed by atoms with Gasteiger partial charge in [0.25, 0.3) is 0 Å². The molecule has 0 amide bonds. The molecule has 0 aromatic carbocycles. The average Bonchev–Trinajstić information content (AvgIpc) is 2.15. The van der Waals surface area contributed by atoms with Crippen LogP contribution in [0.4, 0.5) is 0 Å². The van der Waals surface area contributed by atoms with Crippen LogP contribution in [0.1, 0.15) is 21.6 Å². The smallest absolute Gasteiger partial charge is 0.339 e. The molecule has 0 atom stereocenters. The minimum atomic E-state index is -0.361. The molecule has 1 aromatic heterocycles. The Balaban J connectivity index is 3.47. The van der Waals surface area contributed by atoms with Crippen LogP contribution < -0.4 is 0 Å². The summed E-state index contributed by atoms with van der Waals surface area (Å²) in [5.41, 5.74) is 2.15. The third-order valence-corrected chi connectivity index (χ3v) is 3.85. The van der Waals surface area contributed by atoms with Crippen LogP contribution in [0.15, 0.2) is 9.08 Å². The highest BCUT2D eigenvalue weighted by atomic mass is 79.9. The molecule has 0 radical (unpaired) electrons. The number of methoxy groups -OCH3 is 1. The summed E-state index contributed by atoms with van der Waals surface area (Å²) < 4.78 is 5.93. The topological polar surface area (TPSA) is 39.2 Å². The molecule has 1 aromatic rings. The second-order valence-electron chi connectivity index (χ2n) is 2.79. The highest BCUT2D eigenvalue weighted by molar-refractivity contribution is 9.13. The van der Waals surface area contributed by atoms with Gasteiger partial charge < -0.3 is 4.74 Å². The number of ether oxygens (including phenoxy) is 1. The highest BCUT2D eigenvalue weighted by Crippen LogP contribution is 2.29. The van der Waals surface area contributed by atoms with Crippen molar-refractivity contribution in [1.82, 2.24) is 4.98 Å². The number of rotatable bonds is 1. The van der Waals surface area contributed by atoms with Crippen LogP contribution >= 0.6 is 31.9 Å². The van der Waals surface area contributed by atoms with E-state index < -0.39 is 0 Å². The number of aryl methyl sites for hydroxylation is 1. The van der Waals surface area contributed by atoms with Crippen LogP contribution in [-0.2, 0) is 4.74 Å². The predicted octanol–water partition coefficient (Wildman–Crippen LogP) is 3.01. The van der Waals surface area contributed by atoms with Gasteiger partial charge in [-0.15, -0.1) is 0 Å². The Morgan fingerprint density at radius 2 is 1.93 bits per heavy atom. The third-order valence-electron chi connectivity index (χ3n) is 1.97. The predicted molar refractivity (Wildman–Crippen MR) is 60.5 cm³/mol. The Labute approximate surface area is 99.1 Å². The van der Waals surface area contributed by atoms with Gasteiger partial charge in [0, 0.05) is 5.69 Å². The molecule has 0 bridgehead atoms. The third kappa shape index (κ3) is 1.98. The number of carbonyl (C=O) groups excluding carboxylic acids is 1. The Hall–Kier alpha value is -0.420. The summed E-state index contributed by atoms with van der Waals surface area (Å²) in [6.45, 7) is 3.69. The van der Waals surface area contributed by atoms with Crippen molar-refractivity contribution in [2.24, 2.45) is 0 Å². The Kier molecular flexibility index (Phi) is 3.66. The molecule has 0 N–H and O–H groups in total. The van der Waals surface area contributed by atoms with Gasteiger partial charge in [0.05, 0.1) is 17.1 Å². The summed E-state index contributed by atoms with van der Waals surface area (Å²) in [6, 6.07) is 0. The Morgan fingerprint density at radius 1 is 1.36 bits per heavy atom. The molecule has 76 valence electrons. The van der Waals surface area contributed by atoms with E-state index in [4.69, 9.17) is 4.74 Å². The number of hydrogen-bond donors (Lipinski definition) is 0. The lowest BCUT2D eigenvalue weighted by Gasteiger charge is -2.09. The second-order valence-corrected chi connectivity index (χ2v) is 4.34. The van der Waals surface area contributed by atoms with Crippen LogP contribution in [0.3, 0.4) is 0 Å². The Bertz CT molecular complexity index is 365. The average molecular weight is 323 g/mol. The normalized spacial score (nSPS) is 10.1. The number of nitrogens with zero attached hydrogens (tertiary/aromatic N) is 1. The van der Waals surface area contributed by atoms with E-state index in [1.807, 2.05) is 13.8 Å². The van der Waals surface area contributed by atoms with Crippen LogP contribution in [0.5, 0.6) is 0 Å². The first-order valence-electron chi connectivity index (χ1n) is 3.89. The van der Waals surface area contributed by atoms with Crippen LogP contribution in [0, 0.1) is 13.8 Å². The van der Waals surface area contributed by atoms with Gasteiger partial charge >= 0.3 is 5.97 Å². The van der Waals surface area contributed by atoms with E-state index in [1.165, 1.54) is 7.11 Å². The van der Waals surface area contributed by atoms with Gasteiger partial charge in [-0.3, -0.25) is 0 Å². The molecule has 0 fully saturated rings. The molecule has 1 rings (SSSR count). The van der Waals surface area contributed by atoms with Crippen molar-refractivity contribution in [3.05, 3.63) is 25.9 Å². The first kappa shape index (κ1) is 11.7. The molecule has 0 saturated heterocycles. The number of hydrogen-bond acceptors (Lipinski definition) is 3. The maximum absolute atomic E-state index is 11.5. The zero-order chi connectivity index (χ0) is 10.9. The molecule has 3 nitrogen and oxygen atoms in total. The summed E-state index contributed by atoms with van der Waals surface area (Å²) >= 11 is 6.56. The molecule has 0 aliphatic carbocycles.